The number of non-ortho nitro benzene ring substituents is 1. The minimum absolute atomic E-state index is 0.0853. The zero-order valence-electron chi connectivity index (χ0n) is 16.1. The maximum absolute atomic E-state index is 10.8. The Hall–Kier alpha value is -2.93. The van der Waals surface area contributed by atoms with Crippen molar-refractivity contribution in [3.05, 3.63) is 75.3 Å². The number of rotatable bonds is 7. The van der Waals surface area contributed by atoms with E-state index >= 15 is 0 Å². The molecule has 1 aliphatic heterocycles. The maximum atomic E-state index is 10.8. The van der Waals surface area contributed by atoms with Gasteiger partial charge in [0, 0.05) is 31.8 Å². The third-order valence-electron chi connectivity index (χ3n) is 4.80. The van der Waals surface area contributed by atoms with Crippen molar-refractivity contribution in [2.45, 2.75) is 39.0 Å². The van der Waals surface area contributed by atoms with Crippen LogP contribution in [0.4, 0.5) is 5.69 Å². The number of nitro benzene ring substituents is 1. The first-order valence-electron chi connectivity index (χ1n) is 9.53. The van der Waals surface area contributed by atoms with Gasteiger partial charge in [-0.25, -0.2) is 4.99 Å². The molecule has 2 aromatic carbocycles. The molecule has 0 aliphatic carbocycles. The molecule has 1 atom stereocenters. The highest BCUT2D eigenvalue weighted by molar-refractivity contribution is 5.79. The van der Waals surface area contributed by atoms with Crippen LogP contribution in [0.25, 0.3) is 0 Å². The number of aryl methyl sites for hydroxylation is 1. The van der Waals surface area contributed by atoms with E-state index in [1.807, 2.05) is 12.1 Å². The standard InChI is InChI=1S/C21H26N4O3/c1-16-5-2-3-6-18(16)14-23-21(24-15-20-7-4-12-28-20)22-13-17-8-10-19(11-9-17)25(26)27/h2-3,5-6,8-11,20H,4,7,12-15H2,1H3,(H2,22,23,24). The van der Waals surface area contributed by atoms with E-state index in [9.17, 15) is 10.1 Å². The van der Waals surface area contributed by atoms with Gasteiger partial charge in [-0.05, 0) is 36.5 Å². The largest absolute Gasteiger partial charge is 0.376 e. The number of benzene rings is 2. The Balaban J connectivity index is 1.64. The fourth-order valence-electron chi connectivity index (χ4n) is 3.07. The molecule has 1 heterocycles. The van der Waals surface area contributed by atoms with Gasteiger partial charge in [0.15, 0.2) is 5.96 Å². The summed E-state index contributed by atoms with van der Waals surface area (Å²) < 4.78 is 5.67. The van der Waals surface area contributed by atoms with Gasteiger partial charge in [-0.15, -0.1) is 0 Å². The van der Waals surface area contributed by atoms with E-state index in [0.29, 0.717) is 25.6 Å². The third-order valence-corrected chi connectivity index (χ3v) is 4.80. The summed E-state index contributed by atoms with van der Waals surface area (Å²) in [6.45, 7) is 4.72. The Kier molecular flexibility index (Phi) is 6.97. The third kappa shape index (κ3) is 5.79. The van der Waals surface area contributed by atoms with Crippen molar-refractivity contribution < 1.29 is 9.66 Å². The SMILES string of the molecule is Cc1ccccc1CNC(=NCc1ccc([N+](=O)[O-])cc1)NCC1CCCO1. The summed E-state index contributed by atoms with van der Waals surface area (Å²) in [5.74, 6) is 0.706. The first-order valence-corrected chi connectivity index (χ1v) is 9.53. The number of nitrogens with one attached hydrogen (secondary N) is 2. The first kappa shape index (κ1) is 19.8. The molecular formula is C21H26N4O3. The van der Waals surface area contributed by atoms with E-state index < -0.39 is 4.92 Å². The number of hydrogen-bond donors (Lipinski definition) is 2. The molecular weight excluding hydrogens is 356 g/mol. The van der Waals surface area contributed by atoms with Gasteiger partial charge in [0.05, 0.1) is 17.6 Å². The number of nitrogens with zero attached hydrogens (tertiary/aromatic N) is 2. The molecule has 0 amide bonds. The first-order chi connectivity index (χ1) is 13.6. The van der Waals surface area contributed by atoms with Crippen molar-refractivity contribution in [2.75, 3.05) is 13.2 Å². The molecule has 0 spiro atoms. The van der Waals surface area contributed by atoms with Gasteiger partial charge in [-0.3, -0.25) is 10.1 Å². The highest BCUT2D eigenvalue weighted by Crippen LogP contribution is 2.13. The van der Waals surface area contributed by atoms with Crippen molar-refractivity contribution >= 4 is 11.6 Å². The summed E-state index contributed by atoms with van der Waals surface area (Å²) in [7, 11) is 0. The molecule has 28 heavy (non-hydrogen) atoms. The zero-order valence-corrected chi connectivity index (χ0v) is 16.1. The van der Waals surface area contributed by atoms with Gasteiger partial charge in [-0.1, -0.05) is 36.4 Å². The van der Waals surface area contributed by atoms with E-state index in [-0.39, 0.29) is 11.8 Å². The van der Waals surface area contributed by atoms with Crippen LogP contribution in [0.3, 0.4) is 0 Å². The number of ether oxygens (including phenoxy) is 1. The van der Waals surface area contributed by atoms with Crippen molar-refractivity contribution in [1.82, 2.24) is 10.6 Å². The van der Waals surface area contributed by atoms with Crippen LogP contribution in [0.1, 0.15) is 29.5 Å². The molecule has 7 heteroatoms. The quantitative estimate of drug-likeness (QED) is 0.332. The minimum Gasteiger partial charge on any atom is -0.376 e. The normalized spacial score (nSPS) is 16.8. The highest BCUT2D eigenvalue weighted by Gasteiger charge is 2.15. The van der Waals surface area contributed by atoms with Gasteiger partial charge >= 0.3 is 0 Å². The van der Waals surface area contributed by atoms with Crippen LogP contribution in [-0.4, -0.2) is 30.1 Å². The Morgan fingerprint density at radius 3 is 2.68 bits per heavy atom. The van der Waals surface area contributed by atoms with E-state index in [0.717, 1.165) is 25.0 Å². The van der Waals surface area contributed by atoms with Crippen molar-refractivity contribution in [1.29, 1.82) is 0 Å². The van der Waals surface area contributed by atoms with Crippen LogP contribution in [0.5, 0.6) is 0 Å². The lowest BCUT2D eigenvalue weighted by molar-refractivity contribution is -0.384. The Labute approximate surface area is 165 Å². The van der Waals surface area contributed by atoms with Crippen molar-refractivity contribution in [3.8, 4) is 0 Å². The summed E-state index contributed by atoms with van der Waals surface area (Å²) in [6.07, 6.45) is 2.36. The van der Waals surface area contributed by atoms with Crippen LogP contribution < -0.4 is 10.6 Å². The summed E-state index contributed by atoms with van der Waals surface area (Å²) in [5, 5.41) is 17.5. The van der Waals surface area contributed by atoms with E-state index in [4.69, 9.17) is 4.74 Å². The summed E-state index contributed by atoms with van der Waals surface area (Å²) >= 11 is 0. The summed E-state index contributed by atoms with van der Waals surface area (Å²) in [5.41, 5.74) is 3.44. The number of nitro groups is 1. The van der Waals surface area contributed by atoms with E-state index in [2.05, 4.69) is 34.7 Å². The van der Waals surface area contributed by atoms with Gasteiger partial charge in [0.25, 0.3) is 5.69 Å². The van der Waals surface area contributed by atoms with Crippen LogP contribution in [0.15, 0.2) is 53.5 Å². The molecule has 0 aromatic heterocycles. The fraction of sp³-hybridized carbons (Fsp3) is 0.381. The molecule has 0 radical (unpaired) electrons. The molecule has 1 aliphatic rings. The van der Waals surface area contributed by atoms with Crippen molar-refractivity contribution in [3.63, 3.8) is 0 Å². The van der Waals surface area contributed by atoms with Gasteiger partial charge in [0.2, 0.25) is 0 Å². The van der Waals surface area contributed by atoms with Gasteiger partial charge in [0.1, 0.15) is 0 Å². The van der Waals surface area contributed by atoms with Crippen LogP contribution in [0, 0.1) is 17.0 Å². The van der Waals surface area contributed by atoms with Crippen LogP contribution in [-0.2, 0) is 17.8 Å². The molecule has 1 saturated heterocycles. The molecule has 148 valence electrons. The van der Waals surface area contributed by atoms with Gasteiger partial charge < -0.3 is 15.4 Å². The topological polar surface area (TPSA) is 88.8 Å². The molecule has 3 rings (SSSR count). The number of guanidine groups is 1. The Bertz CT molecular complexity index is 815. The lowest BCUT2D eigenvalue weighted by atomic mass is 10.1. The second kappa shape index (κ2) is 9.85. The monoisotopic (exact) mass is 382 g/mol. The van der Waals surface area contributed by atoms with E-state index in [1.54, 1.807) is 12.1 Å². The number of hydrogen-bond acceptors (Lipinski definition) is 4. The fourth-order valence-corrected chi connectivity index (χ4v) is 3.07. The van der Waals surface area contributed by atoms with Crippen LogP contribution in [0.2, 0.25) is 0 Å². The summed E-state index contributed by atoms with van der Waals surface area (Å²) in [4.78, 5) is 15.0. The molecule has 2 aromatic rings. The average Bonchev–Trinajstić information content (AvgIpc) is 3.22. The maximum Gasteiger partial charge on any atom is 0.269 e. The van der Waals surface area contributed by atoms with Crippen LogP contribution >= 0.6 is 0 Å². The zero-order chi connectivity index (χ0) is 19.8. The second-order valence-electron chi connectivity index (χ2n) is 6.88. The number of aliphatic imine (C=N–C) groups is 1. The predicted molar refractivity (Wildman–Crippen MR) is 109 cm³/mol. The van der Waals surface area contributed by atoms with E-state index in [1.165, 1.54) is 23.3 Å². The average molecular weight is 382 g/mol. The Morgan fingerprint density at radius 2 is 2.00 bits per heavy atom. The highest BCUT2D eigenvalue weighted by atomic mass is 16.6. The second-order valence-corrected chi connectivity index (χ2v) is 6.88. The molecule has 2 N–H and O–H groups in total. The minimum atomic E-state index is -0.397. The molecule has 1 fully saturated rings. The molecule has 0 bridgehead atoms. The predicted octanol–water partition coefficient (Wildman–Crippen LogP) is 3.32. The smallest absolute Gasteiger partial charge is 0.269 e. The Morgan fingerprint density at radius 1 is 1.21 bits per heavy atom. The molecule has 0 saturated carbocycles. The summed E-state index contributed by atoms with van der Waals surface area (Å²) in [6, 6.07) is 14.7. The molecule has 1 unspecified atom stereocenters. The lowest BCUT2D eigenvalue weighted by Gasteiger charge is -2.16. The van der Waals surface area contributed by atoms with Gasteiger partial charge in [-0.2, -0.15) is 0 Å². The van der Waals surface area contributed by atoms with Crippen molar-refractivity contribution in [2.24, 2.45) is 4.99 Å². The lowest BCUT2D eigenvalue weighted by Crippen LogP contribution is -2.41. The molecule has 7 nitrogen and oxygen atoms in total.